The van der Waals surface area contributed by atoms with Gasteiger partial charge in [-0.05, 0) is 76.4 Å². The number of hydrogen-bond acceptors (Lipinski definition) is 3. The number of benzene rings is 3. The molecule has 0 radical (unpaired) electrons. The van der Waals surface area contributed by atoms with Crippen molar-refractivity contribution in [2.75, 3.05) is 6.54 Å². The SMILES string of the molecule is Cc1ccc(C[C@@H](CNC(=O)Cn2cccc2)n2c(=NC(=O)OC(C)(C)C)n(Cc3ccc(C)cc3)c3ccccc32)cc1. The minimum atomic E-state index is -0.701. The van der Waals surface area contributed by atoms with Crippen LogP contribution in [0.2, 0.25) is 0 Å². The average Bonchev–Trinajstić information content (AvgIpc) is 3.58. The summed E-state index contributed by atoms with van der Waals surface area (Å²) in [5.41, 5.74) is 6.17. The molecular weight excluding hydrogens is 550 g/mol. The number of imidazole rings is 1. The van der Waals surface area contributed by atoms with Crippen LogP contribution in [0.4, 0.5) is 4.79 Å². The van der Waals surface area contributed by atoms with Crippen LogP contribution in [0, 0.1) is 13.8 Å². The van der Waals surface area contributed by atoms with Gasteiger partial charge in [-0.1, -0.05) is 71.8 Å². The number of ether oxygens (including phenoxy) is 1. The molecule has 0 unspecified atom stereocenters. The van der Waals surface area contributed by atoms with E-state index in [1.54, 1.807) is 0 Å². The Morgan fingerprint density at radius 1 is 0.818 bits per heavy atom. The highest BCUT2D eigenvalue weighted by Gasteiger charge is 2.23. The monoisotopic (exact) mass is 591 g/mol. The van der Waals surface area contributed by atoms with Crippen molar-refractivity contribution in [3.63, 3.8) is 0 Å². The molecule has 0 saturated heterocycles. The first-order valence-electron chi connectivity index (χ1n) is 15.0. The van der Waals surface area contributed by atoms with Crippen LogP contribution in [-0.4, -0.2) is 37.8 Å². The zero-order valence-corrected chi connectivity index (χ0v) is 26.2. The van der Waals surface area contributed by atoms with Gasteiger partial charge in [0.25, 0.3) is 0 Å². The summed E-state index contributed by atoms with van der Waals surface area (Å²) in [6.07, 6.45) is 3.69. The number of aromatic nitrogens is 3. The molecule has 44 heavy (non-hydrogen) atoms. The molecule has 2 heterocycles. The second-order valence-electron chi connectivity index (χ2n) is 12.3. The van der Waals surface area contributed by atoms with Crippen LogP contribution in [0.1, 0.15) is 49.1 Å². The van der Waals surface area contributed by atoms with E-state index in [0.717, 1.165) is 22.2 Å². The van der Waals surface area contributed by atoms with Gasteiger partial charge in [-0.25, -0.2) is 4.79 Å². The number of carbonyl (C=O) groups is 2. The zero-order valence-electron chi connectivity index (χ0n) is 26.2. The third kappa shape index (κ3) is 7.75. The topological polar surface area (TPSA) is 82.6 Å². The van der Waals surface area contributed by atoms with Crippen molar-refractivity contribution in [2.24, 2.45) is 4.99 Å². The molecule has 8 nitrogen and oxygen atoms in total. The van der Waals surface area contributed by atoms with Gasteiger partial charge >= 0.3 is 6.09 Å². The Bertz CT molecular complexity index is 1790. The van der Waals surface area contributed by atoms with Crippen molar-refractivity contribution >= 4 is 23.0 Å². The maximum absolute atomic E-state index is 13.3. The standard InChI is InChI=1S/C36H41N5O3/c1-26-12-16-28(17-13-26)22-30(23-37-33(42)25-39-20-8-9-21-39)41-32-11-7-6-10-31(32)40(24-29-18-14-27(2)15-19-29)34(41)38-35(43)44-36(3,4)5/h6-21,30H,22-25H2,1-5H3,(H,37,42)/t30-/m0/s1. The molecule has 2 amide bonds. The van der Waals surface area contributed by atoms with Crippen LogP contribution in [0.5, 0.6) is 0 Å². The summed E-state index contributed by atoms with van der Waals surface area (Å²) in [7, 11) is 0. The molecular formula is C36H41N5O3. The minimum Gasteiger partial charge on any atom is -0.442 e. The van der Waals surface area contributed by atoms with Crippen molar-refractivity contribution in [1.82, 2.24) is 19.0 Å². The molecule has 0 fully saturated rings. The second kappa shape index (κ2) is 13.2. The van der Waals surface area contributed by atoms with Gasteiger partial charge in [0, 0.05) is 18.9 Å². The molecule has 1 atom stereocenters. The Morgan fingerprint density at radius 3 is 2.02 bits per heavy atom. The fourth-order valence-electron chi connectivity index (χ4n) is 5.29. The Balaban J connectivity index is 1.65. The Kier molecular flexibility index (Phi) is 9.18. The van der Waals surface area contributed by atoms with E-state index in [4.69, 9.17) is 4.74 Å². The highest BCUT2D eigenvalue weighted by molar-refractivity contribution is 5.78. The Morgan fingerprint density at radius 2 is 1.41 bits per heavy atom. The van der Waals surface area contributed by atoms with Crippen LogP contribution < -0.4 is 10.9 Å². The molecule has 3 aromatic carbocycles. The number of aryl methyl sites for hydroxylation is 2. The lowest BCUT2D eigenvalue weighted by Crippen LogP contribution is -2.39. The number of nitrogens with one attached hydrogen (secondary N) is 1. The van der Waals surface area contributed by atoms with E-state index in [1.165, 1.54) is 11.1 Å². The van der Waals surface area contributed by atoms with Crippen LogP contribution >= 0.6 is 0 Å². The molecule has 2 aromatic heterocycles. The van der Waals surface area contributed by atoms with Gasteiger partial charge in [-0.2, -0.15) is 0 Å². The second-order valence-corrected chi connectivity index (χ2v) is 12.3. The summed E-state index contributed by atoms with van der Waals surface area (Å²) in [4.78, 5) is 30.9. The number of para-hydroxylation sites is 2. The maximum Gasteiger partial charge on any atom is 0.437 e. The molecule has 0 saturated carbocycles. The van der Waals surface area contributed by atoms with E-state index in [0.29, 0.717) is 25.1 Å². The van der Waals surface area contributed by atoms with Crippen molar-refractivity contribution in [3.8, 4) is 0 Å². The van der Waals surface area contributed by atoms with Crippen LogP contribution in [0.15, 0.2) is 102 Å². The van der Waals surface area contributed by atoms with Gasteiger partial charge < -0.3 is 23.8 Å². The summed E-state index contributed by atoms with van der Waals surface area (Å²) in [5.74, 6) is -0.0928. The largest absolute Gasteiger partial charge is 0.442 e. The quantitative estimate of drug-likeness (QED) is 0.217. The molecule has 228 valence electrons. The van der Waals surface area contributed by atoms with Gasteiger partial charge in [0.1, 0.15) is 12.1 Å². The molecule has 0 aliphatic rings. The van der Waals surface area contributed by atoms with Crippen LogP contribution in [0.3, 0.4) is 0 Å². The summed E-state index contributed by atoms with van der Waals surface area (Å²) in [6, 6.07) is 28.4. The third-order valence-electron chi connectivity index (χ3n) is 7.42. The van der Waals surface area contributed by atoms with Gasteiger partial charge in [0.05, 0.1) is 23.6 Å². The number of nitrogens with zero attached hydrogens (tertiary/aromatic N) is 4. The Hall–Kier alpha value is -4.85. The molecule has 1 N–H and O–H groups in total. The summed E-state index contributed by atoms with van der Waals surface area (Å²) < 4.78 is 11.7. The van der Waals surface area contributed by atoms with Crippen molar-refractivity contribution in [2.45, 2.75) is 65.8 Å². The lowest BCUT2D eigenvalue weighted by atomic mass is 10.0. The van der Waals surface area contributed by atoms with Gasteiger partial charge in [-0.3, -0.25) is 4.79 Å². The number of carbonyl (C=O) groups excluding carboxylic acids is 2. The number of fused-ring (bicyclic) bond motifs is 1. The van der Waals surface area contributed by atoms with E-state index in [2.05, 4.69) is 81.8 Å². The molecule has 0 spiro atoms. The van der Waals surface area contributed by atoms with Gasteiger partial charge in [0.15, 0.2) is 0 Å². The van der Waals surface area contributed by atoms with E-state index in [1.807, 2.05) is 74.1 Å². The fraction of sp³-hybridized carbons (Fsp3) is 0.306. The lowest BCUT2D eigenvalue weighted by Gasteiger charge is -2.22. The zero-order chi connectivity index (χ0) is 31.3. The molecule has 0 aliphatic carbocycles. The lowest BCUT2D eigenvalue weighted by molar-refractivity contribution is -0.121. The normalized spacial score (nSPS) is 12.8. The van der Waals surface area contributed by atoms with Crippen molar-refractivity contribution < 1.29 is 14.3 Å². The minimum absolute atomic E-state index is 0.0928. The van der Waals surface area contributed by atoms with E-state index < -0.39 is 11.7 Å². The smallest absolute Gasteiger partial charge is 0.437 e. The first kappa shape index (κ1) is 30.6. The molecule has 5 aromatic rings. The number of rotatable bonds is 9. The van der Waals surface area contributed by atoms with Gasteiger partial charge in [-0.15, -0.1) is 4.99 Å². The highest BCUT2D eigenvalue weighted by Crippen LogP contribution is 2.22. The van der Waals surface area contributed by atoms with Crippen molar-refractivity contribution in [1.29, 1.82) is 0 Å². The molecule has 8 heteroatoms. The third-order valence-corrected chi connectivity index (χ3v) is 7.42. The number of hydrogen-bond donors (Lipinski definition) is 1. The summed E-state index contributed by atoms with van der Waals surface area (Å²) in [5, 5.41) is 3.15. The first-order chi connectivity index (χ1) is 21.1. The Labute approximate surface area is 258 Å². The van der Waals surface area contributed by atoms with E-state index in [-0.39, 0.29) is 18.5 Å². The highest BCUT2D eigenvalue weighted by atomic mass is 16.6. The maximum atomic E-state index is 13.3. The first-order valence-corrected chi connectivity index (χ1v) is 15.0. The summed E-state index contributed by atoms with van der Waals surface area (Å²) in [6.45, 7) is 10.7. The average molecular weight is 592 g/mol. The molecule has 5 rings (SSSR count). The van der Waals surface area contributed by atoms with Crippen LogP contribution in [-0.2, 0) is 29.0 Å². The predicted octanol–water partition coefficient (Wildman–Crippen LogP) is 6.35. The van der Waals surface area contributed by atoms with Crippen LogP contribution in [0.25, 0.3) is 11.0 Å². The summed E-state index contributed by atoms with van der Waals surface area (Å²) >= 11 is 0. The predicted molar refractivity (Wildman–Crippen MR) is 173 cm³/mol. The fourth-order valence-corrected chi connectivity index (χ4v) is 5.29. The van der Waals surface area contributed by atoms with E-state index in [9.17, 15) is 9.59 Å². The van der Waals surface area contributed by atoms with E-state index >= 15 is 0 Å². The number of amides is 2. The molecule has 0 aliphatic heterocycles. The van der Waals surface area contributed by atoms with Gasteiger partial charge in [0.2, 0.25) is 11.5 Å². The van der Waals surface area contributed by atoms with Crippen molar-refractivity contribution in [3.05, 3.63) is 125 Å². The molecule has 0 bridgehead atoms.